The second kappa shape index (κ2) is 5.97. The maximum absolute atomic E-state index is 11.7. The minimum Gasteiger partial charge on any atom is -0.378 e. The van der Waals surface area contributed by atoms with Crippen LogP contribution in [0.5, 0.6) is 0 Å². The van der Waals surface area contributed by atoms with Gasteiger partial charge in [-0.05, 0) is 18.9 Å². The van der Waals surface area contributed by atoms with Crippen LogP contribution in [0.2, 0.25) is 0 Å². The fourth-order valence-corrected chi connectivity index (χ4v) is 2.66. The molecule has 2 N–H and O–H groups in total. The first-order chi connectivity index (χ1) is 10.2. The Balaban J connectivity index is 1.50. The fraction of sp³-hybridized carbons (Fsp3) is 0.357. The van der Waals surface area contributed by atoms with Crippen molar-refractivity contribution >= 4 is 22.9 Å². The standard InChI is InChI=1S/C14H15N5OS/c15-4-10-3-13(21-9-10)6-16-12-5-17-19(7-12)8-14(20)18-11-1-2-11/h3,5,7,9,11,16H,1-2,6,8H2,(H,18,20). The van der Waals surface area contributed by atoms with Crippen LogP contribution in [0.1, 0.15) is 23.3 Å². The molecule has 0 atom stereocenters. The number of hydrogen-bond donors (Lipinski definition) is 2. The number of carbonyl (C=O) groups excluding carboxylic acids is 1. The van der Waals surface area contributed by atoms with Crippen molar-refractivity contribution < 1.29 is 4.79 Å². The van der Waals surface area contributed by atoms with E-state index in [1.54, 1.807) is 22.2 Å². The molecular weight excluding hydrogens is 286 g/mol. The van der Waals surface area contributed by atoms with E-state index in [1.165, 1.54) is 0 Å². The average Bonchev–Trinajstić information content (AvgIpc) is 3.00. The predicted molar refractivity (Wildman–Crippen MR) is 79.8 cm³/mol. The van der Waals surface area contributed by atoms with Gasteiger partial charge in [-0.15, -0.1) is 11.3 Å². The first-order valence-corrected chi connectivity index (χ1v) is 7.64. The van der Waals surface area contributed by atoms with Gasteiger partial charge in [0.05, 0.1) is 17.4 Å². The molecule has 0 aromatic carbocycles. The van der Waals surface area contributed by atoms with Crippen LogP contribution >= 0.6 is 11.3 Å². The number of thiophene rings is 1. The van der Waals surface area contributed by atoms with Gasteiger partial charge in [-0.1, -0.05) is 0 Å². The molecule has 0 aliphatic heterocycles. The molecule has 0 radical (unpaired) electrons. The van der Waals surface area contributed by atoms with Gasteiger partial charge in [-0.25, -0.2) is 0 Å². The van der Waals surface area contributed by atoms with Crippen LogP contribution < -0.4 is 10.6 Å². The summed E-state index contributed by atoms with van der Waals surface area (Å²) < 4.78 is 1.62. The Labute approximate surface area is 126 Å². The van der Waals surface area contributed by atoms with Gasteiger partial charge in [0.2, 0.25) is 5.91 Å². The third kappa shape index (κ3) is 3.83. The number of nitrogens with zero attached hydrogens (tertiary/aromatic N) is 3. The van der Waals surface area contributed by atoms with Gasteiger partial charge in [0.15, 0.2) is 0 Å². The monoisotopic (exact) mass is 301 g/mol. The van der Waals surface area contributed by atoms with Gasteiger partial charge in [0.1, 0.15) is 12.6 Å². The van der Waals surface area contributed by atoms with E-state index in [9.17, 15) is 4.79 Å². The van der Waals surface area contributed by atoms with Gasteiger partial charge in [-0.2, -0.15) is 10.4 Å². The minimum atomic E-state index is 0.00377. The van der Waals surface area contributed by atoms with E-state index in [-0.39, 0.29) is 12.5 Å². The maximum atomic E-state index is 11.7. The molecular formula is C14H15N5OS. The summed E-state index contributed by atoms with van der Waals surface area (Å²) in [5, 5.41) is 20.9. The van der Waals surface area contributed by atoms with Crippen LogP contribution in [-0.2, 0) is 17.9 Å². The highest BCUT2D eigenvalue weighted by Crippen LogP contribution is 2.18. The lowest BCUT2D eigenvalue weighted by atomic mass is 10.3. The average molecular weight is 301 g/mol. The normalized spacial score (nSPS) is 13.7. The molecule has 0 saturated heterocycles. The van der Waals surface area contributed by atoms with Gasteiger partial charge in [-0.3, -0.25) is 9.48 Å². The summed E-state index contributed by atoms with van der Waals surface area (Å²) in [4.78, 5) is 12.8. The van der Waals surface area contributed by atoms with E-state index < -0.39 is 0 Å². The lowest BCUT2D eigenvalue weighted by molar-refractivity contribution is -0.122. The van der Waals surface area contributed by atoms with Gasteiger partial charge in [0.25, 0.3) is 0 Å². The minimum absolute atomic E-state index is 0.00377. The van der Waals surface area contributed by atoms with Crippen LogP contribution in [0.4, 0.5) is 5.69 Å². The molecule has 108 valence electrons. The SMILES string of the molecule is N#Cc1csc(CNc2cnn(CC(=O)NC3CC3)c2)c1. The molecule has 1 saturated carbocycles. The van der Waals surface area contributed by atoms with E-state index in [4.69, 9.17) is 5.26 Å². The summed E-state index contributed by atoms with van der Waals surface area (Å²) in [6, 6.07) is 4.35. The summed E-state index contributed by atoms with van der Waals surface area (Å²) in [6.07, 6.45) is 5.68. The summed E-state index contributed by atoms with van der Waals surface area (Å²) in [5.41, 5.74) is 1.55. The Morgan fingerprint density at radius 1 is 1.57 bits per heavy atom. The van der Waals surface area contributed by atoms with E-state index in [2.05, 4.69) is 21.8 Å². The van der Waals surface area contributed by atoms with E-state index >= 15 is 0 Å². The third-order valence-electron chi connectivity index (χ3n) is 3.13. The van der Waals surface area contributed by atoms with E-state index in [0.29, 0.717) is 18.2 Å². The zero-order valence-electron chi connectivity index (χ0n) is 11.4. The molecule has 3 rings (SSSR count). The number of amides is 1. The Morgan fingerprint density at radius 2 is 2.43 bits per heavy atom. The number of carbonyl (C=O) groups is 1. The lowest BCUT2D eigenvalue weighted by Gasteiger charge is -2.03. The van der Waals surface area contributed by atoms with E-state index in [0.717, 1.165) is 23.4 Å². The van der Waals surface area contributed by atoms with Crippen LogP contribution in [0.25, 0.3) is 0 Å². The van der Waals surface area contributed by atoms with Crippen LogP contribution in [0.15, 0.2) is 23.8 Å². The maximum Gasteiger partial charge on any atom is 0.241 e. The van der Waals surface area contributed by atoms with E-state index in [1.807, 2.05) is 17.6 Å². The first kappa shape index (κ1) is 13.6. The zero-order valence-corrected chi connectivity index (χ0v) is 12.2. The summed E-state index contributed by atoms with van der Waals surface area (Å²) in [7, 11) is 0. The van der Waals surface area contributed by atoms with Crippen molar-refractivity contribution in [3.63, 3.8) is 0 Å². The second-order valence-corrected chi connectivity index (χ2v) is 6.03. The molecule has 1 amide bonds. The smallest absolute Gasteiger partial charge is 0.241 e. The predicted octanol–water partition coefficient (Wildman–Crippen LogP) is 1.71. The van der Waals surface area contributed by atoms with Crippen molar-refractivity contribution in [2.75, 3.05) is 5.32 Å². The Morgan fingerprint density at radius 3 is 3.14 bits per heavy atom. The topological polar surface area (TPSA) is 82.7 Å². The van der Waals surface area contributed by atoms with Crippen molar-refractivity contribution in [1.82, 2.24) is 15.1 Å². The summed E-state index contributed by atoms with van der Waals surface area (Å²) >= 11 is 1.55. The molecule has 2 aromatic rings. The quantitative estimate of drug-likeness (QED) is 0.851. The highest BCUT2D eigenvalue weighted by Gasteiger charge is 2.23. The number of hydrogen-bond acceptors (Lipinski definition) is 5. The highest BCUT2D eigenvalue weighted by molar-refractivity contribution is 7.10. The molecule has 1 aliphatic rings. The zero-order chi connectivity index (χ0) is 14.7. The molecule has 0 bridgehead atoms. The Kier molecular flexibility index (Phi) is 3.88. The van der Waals surface area contributed by atoms with Crippen LogP contribution in [-0.4, -0.2) is 21.7 Å². The molecule has 7 heteroatoms. The molecule has 6 nitrogen and oxygen atoms in total. The Hall–Kier alpha value is -2.33. The molecule has 2 aromatic heterocycles. The molecule has 1 fully saturated rings. The molecule has 0 unspecified atom stereocenters. The number of aromatic nitrogens is 2. The largest absolute Gasteiger partial charge is 0.378 e. The molecule has 21 heavy (non-hydrogen) atoms. The molecule has 0 spiro atoms. The first-order valence-electron chi connectivity index (χ1n) is 6.76. The third-order valence-corrected chi connectivity index (χ3v) is 4.07. The van der Waals surface area contributed by atoms with Crippen LogP contribution in [0, 0.1) is 11.3 Å². The Bertz CT molecular complexity index is 680. The number of anilines is 1. The fourth-order valence-electron chi connectivity index (χ4n) is 1.91. The van der Waals surface area contributed by atoms with Gasteiger partial charge < -0.3 is 10.6 Å². The van der Waals surface area contributed by atoms with Gasteiger partial charge in [0, 0.05) is 29.0 Å². The second-order valence-electron chi connectivity index (χ2n) is 5.04. The van der Waals surface area contributed by atoms with Gasteiger partial charge >= 0.3 is 0 Å². The van der Waals surface area contributed by atoms with Crippen molar-refractivity contribution in [1.29, 1.82) is 5.26 Å². The summed E-state index contributed by atoms with van der Waals surface area (Å²) in [5.74, 6) is 0.00377. The van der Waals surface area contributed by atoms with Crippen molar-refractivity contribution in [2.45, 2.75) is 32.0 Å². The lowest BCUT2D eigenvalue weighted by Crippen LogP contribution is -2.29. The molecule has 2 heterocycles. The molecule has 1 aliphatic carbocycles. The van der Waals surface area contributed by atoms with Crippen molar-refractivity contribution in [3.05, 3.63) is 34.3 Å². The number of nitriles is 1. The number of rotatable bonds is 6. The number of nitrogens with one attached hydrogen (secondary N) is 2. The highest BCUT2D eigenvalue weighted by atomic mass is 32.1. The van der Waals surface area contributed by atoms with Crippen molar-refractivity contribution in [3.8, 4) is 6.07 Å². The summed E-state index contributed by atoms with van der Waals surface area (Å²) in [6.45, 7) is 0.891. The van der Waals surface area contributed by atoms with Crippen LogP contribution in [0.3, 0.4) is 0 Å². The van der Waals surface area contributed by atoms with Crippen molar-refractivity contribution in [2.24, 2.45) is 0 Å².